The molecule has 1 aromatic carbocycles. The van der Waals surface area contributed by atoms with Crippen LogP contribution in [-0.2, 0) is 10.0 Å². The molecule has 0 spiro atoms. The molecule has 1 N–H and O–H groups in total. The molecular formula is C21H23ClN4O4S2. The van der Waals surface area contributed by atoms with Gasteiger partial charge in [0.1, 0.15) is 16.1 Å². The number of piperidine rings is 1. The molecule has 8 nitrogen and oxygen atoms in total. The summed E-state index contributed by atoms with van der Waals surface area (Å²) in [5.74, 6) is 2.18. The standard InChI is InChI=1S/C21H23ClN4O4S2/c22-15-1-2-19-17(11-15)24-20(30-19)14-3-5-25(6-4-14)21(27)18-12-16(13-23-18)32(28,29)26-7-9-31-10-8-26/h1-2,11-14,23H,3-10H2. The first-order chi connectivity index (χ1) is 15.4. The number of sulfonamides is 1. The predicted molar refractivity (Wildman–Crippen MR) is 124 cm³/mol. The maximum Gasteiger partial charge on any atom is 0.270 e. The molecule has 170 valence electrons. The Morgan fingerprint density at radius 2 is 1.91 bits per heavy atom. The van der Waals surface area contributed by atoms with Gasteiger partial charge in [-0.05, 0) is 37.1 Å². The van der Waals surface area contributed by atoms with Crippen LogP contribution < -0.4 is 0 Å². The van der Waals surface area contributed by atoms with Gasteiger partial charge in [0.05, 0.1) is 0 Å². The average molecular weight is 495 g/mol. The van der Waals surface area contributed by atoms with Gasteiger partial charge in [0, 0.05) is 54.8 Å². The van der Waals surface area contributed by atoms with Gasteiger partial charge in [0.15, 0.2) is 11.5 Å². The van der Waals surface area contributed by atoms with Crippen molar-refractivity contribution in [3.05, 3.63) is 47.1 Å². The van der Waals surface area contributed by atoms with E-state index in [4.69, 9.17) is 16.0 Å². The van der Waals surface area contributed by atoms with Crippen molar-refractivity contribution in [1.29, 1.82) is 0 Å². The van der Waals surface area contributed by atoms with Gasteiger partial charge in [0.2, 0.25) is 10.0 Å². The fraction of sp³-hybridized carbons (Fsp3) is 0.429. The van der Waals surface area contributed by atoms with E-state index in [1.165, 1.54) is 16.6 Å². The third-order valence-corrected chi connectivity index (χ3v) is 9.05. The predicted octanol–water partition coefficient (Wildman–Crippen LogP) is 3.57. The summed E-state index contributed by atoms with van der Waals surface area (Å²) in [6, 6.07) is 6.82. The maximum atomic E-state index is 13.0. The molecular weight excluding hydrogens is 472 g/mol. The highest BCUT2D eigenvalue weighted by Crippen LogP contribution is 2.31. The van der Waals surface area contributed by atoms with Crippen LogP contribution in [0, 0.1) is 0 Å². The number of benzene rings is 1. The van der Waals surface area contributed by atoms with Gasteiger partial charge in [-0.2, -0.15) is 16.1 Å². The number of aromatic nitrogens is 2. The molecule has 0 radical (unpaired) electrons. The molecule has 2 aliphatic heterocycles. The fourth-order valence-corrected chi connectivity index (χ4v) is 6.91. The van der Waals surface area contributed by atoms with E-state index in [1.54, 1.807) is 28.8 Å². The van der Waals surface area contributed by atoms with E-state index < -0.39 is 10.0 Å². The normalized spacial score (nSPS) is 19.0. The van der Waals surface area contributed by atoms with Crippen LogP contribution in [0.1, 0.15) is 35.1 Å². The Labute approximate surface area is 195 Å². The Morgan fingerprint density at radius 1 is 1.16 bits per heavy atom. The number of halogens is 1. The molecule has 3 aromatic rings. The van der Waals surface area contributed by atoms with Crippen molar-refractivity contribution in [3.63, 3.8) is 0 Å². The summed E-state index contributed by atoms with van der Waals surface area (Å²) in [7, 11) is -3.58. The second-order valence-electron chi connectivity index (χ2n) is 8.00. The van der Waals surface area contributed by atoms with Gasteiger partial charge < -0.3 is 14.3 Å². The first-order valence-corrected chi connectivity index (χ1v) is 13.5. The number of carbonyl (C=O) groups excluding carboxylic acids is 1. The highest BCUT2D eigenvalue weighted by molar-refractivity contribution is 7.99. The lowest BCUT2D eigenvalue weighted by molar-refractivity contribution is 0.0701. The van der Waals surface area contributed by atoms with Crippen LogP contribution >= 0.6 is 23.4 Å². The first kappa shape index (κ1) is 21.8. The lowest BCUT2D eigenvalue weighted by Gasteiger charge is -2.30. The number of nitrogens with one attached hydrogen (secondary N) is 1. The number of nitrogens with zero attached hydrogens (tertiary/aromatic N) is 3. The van der Waals surface area contributed by atoms with E-state index in [0.29, 0.717) is 48.4 Å². The first-order valence-electron chi connectivity index (χ1n) is 10.5. The zero-order valence-electron chi connectivity index (χ0n) is 17.3. The molecule has 0 unspecified atom stereocenters. The van der Waals surface area contributed by atoms with Crippen LogP contribution in [0.25, 0.3) is 11.1 Å². The molecule has 5 rings (SSSR count). The number of amides is 1. The summed E-state index contributed by atoms with van der Waals surface area (Å²) in [5.41, 5.74) is 1.73. The second kappa shape index (κ2) is 8.74. The molecule has 2 saturated heterocycles. The number of rotatable bonds is 4. The largest absolute Gasteiger partial charge is 0.440 e. The molecule has 2 fully saturated rings. The number of hydrogen-bond donors (Lipinski definition) is 1. The van der Waals surface area contributed by atoms with Crippen molar-refractivity contribution >= 4 is 50.4 Å². The van der Waals surface area contributed by atoms with E-state index in [2.05, 4.69) is 9.97 Å². The van der Waals surface area contributed by atoms with E-state index >= 15 is 0 Å². The molecule has 0 atom stereocenters. The lowest BCUT2D eigenvalue weighted by Crippen LogP contribution is -2.38. The number of thioether (sulfide) groups is 1. The number of hydrogen-bond acceptors (Lipinski definition) is 6. The SMILES string of the molecule is O=C(c1cc(S(=O)(=O)N2CCSCC2)c[nH]1)N1CCC(c2nc3cc(Cl)ccc3o2)CC1. The number of oxazole rings is 1. The van der Waals surface area contributed by atoms with Gasteiger partial charge in [-0.25, -0.2) is 13.4 Å². The van der Waals surface area contributed by atoms with Crippen molar-refractivity contribution in [2.75, 3.05) is 37.7 Å². The average Bonchev–Trinajstić information content (AvgIpc) is 3.47. The minimum atomic E-state index is -3.58. The minimum absolute atomic E-state index is 0.127. The van der Waals surface area contributed by atoms with Gasteiger partial charge in [0.25, 0.3) is 5.91 Å². The van der Waals surface area contributed by atoms with E-state index in [9.17, 15) is 13.2 Å². The number of aromatic amines is 1. The van der Waals surface area contributed by atoms with Crippen molar-refractivity contribution in [2.24, 2.45) is 0 Å². The van der Waals surface area contributed by atoms with Gasteiger partial charge in [-0.15, -0.1) is 0 Å². The third kappa shape index (κ3) is 4.16. The molecule has 0 saturated carbocycles. The quantitative estimate of drug-likeness (QED) is 0.595. The van der Waals surface area contributed by atoms with Crippen LogP contribution in [0.4, 0.5) is 0 Å². The van der Waals surface area contributed by atoms with Crippen molar-refractivity contribution in [2.45, 2.75) is 23.7 Å². The van der Waals surface area contributed by atoms with Crippen LogP contribution in [0.5, 0.6) is 0 Å². The zero-order valence-corrected chi connectivity index (χ0v) is 19.7. The second-order valence-corrected chi connectivity index (χ2v) is 11.6. The number of fused-ring (bicyclic) bond motifs is 1. The highest BCUT2D eigenvalue weighted by atomic mass is 35.5. The number of likely N-dealkylation sites (tertiary alicyclic amines) is 1. The Morgan fingerprint density at radius 3 is 2.66 bits per heavy atom. The van der Waals surface area contributed by atoms with Crippen molar-refractivity contribution in [3.8, 4) is 0 Å². The Balaban J connectivity index is 1.24. The molecule has 11 heteroatoms. The molecule has 4 heterocycles. The van der Waals surface area contributed by atoms with Gasteiger partial charge >= 0.3 is 0 Å². The maximum absolute atomic E-state index is 13.0. The monoisotopic (exact) mass is 494 g/mol. The number of H-pyrrole nitrogens is 1. The minimum Gasteiger partial charge on any atom is -0.440 e. The van der Waals surface area contributed by atoms with E-state index in [0.717, 1.165) is 29.9 Å². The van der Waals surface area contributed by atoms with E-state index in [-0.39, 0.29) is 16.7 Å². The van der Waals surface area contributed by atoms with Crippen molar-refractivity contribution < 1.29 is 17.6 Å². The fourth-order valence-electron chi connectivity index (χ4n) is 4.18. The summed E-state index contributed by atoms with van der Waals surface area (Å²) in [4.78, 5) is 22.3. The molecule has 2 aromatic heterocycles. The molecule has 32 heavy (non-hydrogen) atoms. The summed E-state index contributed by atoms with van der Waals surface area (Å²) in [6.45, 7) is 2.09. The lowest BCUT2D eigenvalue weighted by atomic mass is 9.96. The van der Waals surface area contributed by atoms with Gasteiger partial charge in [-0.1, -0.05) is 11.6 Å². The summed E-state index contributed by atoms with van der Waals surface area (Å²) in [5, 5.41) is 0.615. The van der Waals surface area contributed by atoms with Crippen LogP contribution in [0.3, 0.4) is 0 Å². The Bertz CT molecular complexity index is 1240. The van der Waals surface area contributed by atoms with Crippen molar-refractivity contribution in [1.82, 2.24) is 19.2 Å². The summed E-state index contributed by atoms with van der Waals surface area (Å²) >= 11 is 7.78. The molecule has 0 bridgehead atoms. The summed E-state index contributed by atoms with van der Waals surface area (Å²) < 4.78 is 33.1. The van der Waals surface area contributed by atoms with Crippen LogP contribution in [0.15, 0.2) is 39.8 Å². The van der Waals surface area contributed by atoms with Crippen LogP contribution in [-0.4, -0.2) is 71.2 Å². The smallest absolute Gasteiger partial charge is 0.270 e. The molecule has 1 amide bonds. The van der Waals surface area contributed by atoms with E-state index in [1.807, 2.05) is 6.07 Å². The zero-order chi connectivity index (χ0) is 22.3. The van der Waals surface area contributed by atoms with Gasteiger partial charge in [-0.3, -0.25) is 4.79 Å². The third-order valence-electron chi connectivity index (χ3n) is 5.99. The Hall–Kier alpha value is -2.01. The molecule has 2 aliphatic rings. The highest BCUT2D eigenvalue weighted by Gasteiger charge is 2.31. The summed E-state index contributed by atoms with van der Waals surface area (Å²) in [6.07, 6.45) is 2.87. The number of carbonyl (C=O) groups is 1. The van der Waals surface area contributed by atoms with Crippen LogP contribution in [0.2, 0.25) is 5.02 Å². The topological polar surface area (TPSA) is 99.5 Å². The Kier molecular flexibility index (Phi) is 5.96. The molecule has 0 aliphatic carbocycles.